The molecule has 94 valence electrons. The average molecular weight is 236 g/mol. The van der Waals surface area contributed by atoms with Crippen molar-refractivity contribution >= 4 is 5.91 Å². The highest BCUT2D eigenvalue weighted by Gasteiger charge is 2.34. The molecular formula is C12H20N4O. The van der Waals surface area contributed by atoms with Crippen molar-refractivity contribution in [1.82, 2.24) is 20.2 Å². The van der Waals surface area contributed by atoms with Gasteiger partial charge < -0.3 is 15.2 Å². The van der Waals surface area contributed by atoms with Crippen LogP contribution in [0.5, 0.6) is 0 Å². The Morgan fingerprint density at radius 1 is 1.71 bits per heavy atom. The van der Waals surface area contributed by atoms with E-state index in [1.54, 1.807) is 6.20 Å². The lowest BCUT2D eigenvalue weighted by Crippen LogP contribution is -2.48. The summed E-state index contributed by atoms with van der Waals surface area (Å²) in [7, 11) is 1.93. The van der Waals surface area contributed by atoms with Crippen molar-refractivity contribution in [2.45, 2.75) is 26.3 Å². The number of amides is 1. The standard InChI is InChI=1S/C12H20N4O/c1-12(4-3-5-13-9-12)11(17)15-8-10-14-6-7-16(10)2/h6-7,13H,3-5,8-9H2,1-2H3,(H,15,17). The average Bonchev–Trinajstić information content (AvgIpc) is 2.73. The minimum atomic E-state index is -0.274. The van der Waals surface area contributed by atoms with Gasteiger partial charge in [0.05, 0.1) is 12.0 Å². The first-order chi connectivity index (χ1) is 8.12. The van der Waals surface area contributed by atoms with E-state index in [0.717, 1.165) is 31.8 Å². The first-order valence-corrected chi connectivity index (χ1v) is 6.07. The fraction of sp³-hybridized carbons (Fsp3) is 0.667. The molecule has 2 heterocycles. The van der Waals surface area contributed by atoms with E-state index < -0.39 is 0 Å². The Hall–Kier alpha value is -1.36. The summed E-state index contributed by atoms with van der Waals surface area (Å²) >= 11 is 0. The molecule has 1 aliphatic heterocycles. The Morgan fingerprint density at radius 2 is 2.53 bits per heavy atom. The van der Waals surface area contributed by atoms with E-state index in [4.69, 9.17) is 0 Å². The van der Waals surface area contributed by atoms with Gasteiger partial charge >= 0.3 is 0 Å². The van der Waals surface area contributed by atoms with Gasteiger partial charge in [0.15, 0.2) is 0 Å². The molecule has 1 saturated heterocycles. The van der Waals surface area contributed by atoms with Gasteiger partial charge in [-0.2, -0.15) is 0 Å². The fourth-order valence-corrected chi connectivity index (χ4v) is 2.19. The van der Waals surface area contributed by atoms with E-state index in [1.165, 1.54) is 0 Å². The van der Waals surface area contributed by atoms with Crippen LogP contribution in [-0.2, 0) is 18.4 Å². The van der Waals surface area contributed by atoms with E-state index in [2.05, 4.69) is 15.6 Å². The van der Waals surface area contributed by atoms with Gasteiger partial charge in [-0.15, -0.1) is 0 Å². The summed E-state index contributed by atoms with van der Waals surface area (Å²) in [5.74, 6) is 0.999. The minimum Gasteiger partial charge on any atom is -0.348 e. The number of carbonyl (C=O) groups excluding carboxylic acids is 1. The highest BCUT2D eigenvalue weighted by Crippen LogP contribution is 2.25. The monoisotopic (exact) mass is 236 g/mol. The van der Waals surface area contributed by atoms with Gasteiger partial charge in [-0.25, -0.2) is 4.98 Å². The minimum absolute atomic E-state index is 0.118. The summed E-state index contributed by atoms with van der Waals surface area (Å²) in [6, 6.07) is 0. The zero-order chi connectivity index (χ0) is 12.3. The lowest BCUT2D eigenvalue weighted by atomic mass is 9.82. The molecule has 5 heteroatoms. The summed E-state index contributed by atoms with van der Waals surface area (Å²) < 4.78 is 1.92. The highest BCUT2D eigenvalue weighted by molar-refractivity contribution is 5.82. The molecule has 0 radical (unpaired) electrons. The van der Waals surface area contributed by atoms with E-state index in [1.807, 2.05) is 24.7 Å². The predicted octanol–water partition coefficient (Wildman–Crippen LogP) is 0.426. The van der Waals surface area contributed by atoms with Crippen molar-refractivity contribution < 1.29 is 4.79 Å². The largest absolute Gasteiger partial charge is 0.348 e. The van der Waals surface area contributed by atoms with Crippen molar-refractivity contribution in [1.29, 1.82) is 0 Å². The van der Waals surface area contributed by atoms with Crippen LogP contribution in [0, 0.1) is 5.41 Å². The second-order valence-corrected chi connectivity index (χ2v) is 4.98. The number of hydrogen-bond donors (Lipinski definition) is 2. The van der Waals surface area contributed by atoms with Crippen molar-refractivity contribution in [3.05, 3.63) is 18.2 Å². The van der Waals surface area contributed by atoms with Crippen LogP contribution in [0.3, 0.4) is 0 Å². The molecule has 5 nitrogen and oxygen atoms in total. The van der Waals surface area contributed by atoms with E-state index >= 15 is 0 Å². The first-order valence-electron chi connectivity index (χ1n) is 6.07. The van der Waals surface area contributed by atoms with Crippen LogP contribution in [0.2, 0.25) is 0 Å². The number of hydrogen-bond acceptors (Lipinski definition) is 3. The number of nitrogens with zero attached hydrogens (tertiary/aromatic N) is 2. The molecule has 17 heavy (non-hydrogen) atoms. The topological polar surface area (TPSA) is 59.0 Å². The predicted molar refractivity (Wildman–Crippen MR) is 65.3 cm³/mol. The zero-order valence-electron chi connectivity index (χ0n) is 10.5. The highest BCUT2D eigenvalue weighted by atomic mass is 16.2. The van der Waals surface area contributed by atoms with Crippen LogP contribution >= 0.6 is 0 Å². The van der Waals surface area contributed by atoms with Crippen LogP contribution in [0.15, 0.2) is 12.4 Å². The molecule has 0 saturated carbocycles. The van der Waals surface area contributed by atoms with Gasteiger partial charge in [-0.1, -0.05) is 0 Å². The zero-order valence-corrected chi connectivity index (χ0v) is 10.5. The van der Waals surface area contributed by atoms with Crippen LogP contribution < -0.4 is 10.6 Å². The summed E-state index contributed by atoms with van der Waals surface area (Å²) in [5.41, 5.74) is -0.274. The number of piperidine rings is 1. The van der Waals surface area contributed by atoms with Crippen molar-refractivity contribution in [2.24, 2.45) is 12.5 Å². The third-order valence-electron chi connectivity index (χ3n) is 3.47. The Labute approximate surface area is 102 Å². The first kappa shape index (κ1) is 12.1. The molecule has 0 aliphatic carbocycles. The molecule has 2 rings (SSSR count). The van der Waals surface area contributed by atoms with Gasteiger partial charge in [-0.3, -0.25) is 4.79 Å². The number of carbonyl (C=O) groups is 1. The van der Waals surface area contributed by atoms with Crippen LogP contribution in [-0.4, -0.2) is 28.5 Å². The molecule has 1 unspecified atom stereocenters. The summed E-state index contributed by atoms with van der Waals surface area (Å²) in [6.07, 6.45) is 5.63. The maximum atomic E-state index is 12.1. The number of aromatic nitrogens is 2. The molecule has 0 bridgehead atoms. The third-order valence-corrected chi connectivity index (χ3v) is 3.47. The van der Waals surface area contributed by atoms with Crippen molar-refractivity contribution in [3.63, 3.8) is 0 Å². The fourth-order valence-electron chi connectivity index (χ4n) is 2.19. The van der Waals surface area contributed by atoms with Crippen LogP contribution in [0.1, 0.15) is 25.6 Å². The molecule has 1 amide bonds. The summed E-state index contributed by atoms with van der Waals surface area (Å²) in [6.45, 7) is 4.30. The van der Waals surface area contributed by atoms with Gasteiger partial charge in [0, 0.05) is 26.0 Å². The number of imidazole rings is 1. The molecule has 1 aromatic heterocycles. The van der Waals surface area contributed by atoms with Crippen molar-refractivity contribution in [2.75, 3.05) is 13.1 Å². The van der Waals surface area contributed by atoms with Crippen molar-refractivity contribution in [3.8, 4) is 0 Å². The smallest absolute Gasteiger partial charge is 0.227 e. The number of rotatable bonds is 3. The van der Waals surface area contributed by atoms with E-state index in [-0.39, 0.29) is 11.3 Å². The summed E-state index contributed by atoms with van der Waals surface area (Å²) in [4.78, 5) is 16.3. The number of aryl methyl sites for hydroxylation is 1. The molecular weight excluding hydrogens is 216 g/mol. The second-order valence-electron chi connectivity index (χ2n) is 4.98. The van der Waals surface area contributed by atoms with E-state index in [9.17, 15) is 4.79 Å². The molecule has 1 aliphatic rings. The van der Waals surface area contributed by atoms with Crippen LogP contribution in [0.4, 0.5) is 0 Å². The molecule has 2 N–H and O–H groups in total. The lowest BCUT2D eigenvalue weighted by molar-refractivity contribution is -0.131. The molecule has 0 spiro atoms. The Bertz CT molecular complexity index is 393. The third kappa shape index (κ3) is 2.66. The Balaban J connectivity index is 1.91. The normalized spacial score (nSPS) is 24.6. The molecule has 0 aromatic carbocycles. The van der Waals surface area contributed by atoms with Gasteiger partial charge in [0.25, 0.3) is 0 Å². The van der Waals surface area contributed by atoms with E-state index in [0.29, 0.717) is 6.54 Å². The maximum Gasteiger partial charge on any atom is 0.227 e. The molecule has 1 fully saturated rings. The SMILES string of the molecule is Cn1ccnc1CNC(=O)C1(C)CCCNC1. The summed E-state index contributed by atoms with van der Waals surface area (Å²) in [5, 5.41) is 6.25. The van der Waals surface area contributed by atoms with Gasteiger partial charge in [-0.05, 0) is 26.3 Å². The van der Waals surface area contributed by atoms with Gasteiger partial charge in [0.2, 0.25) is 5.91 Å². The Kier molecular flexibility index (Phi) is 3.47. The quantitative estimate of drug-likeness (QED) is 0.800. The Morgan fingerprint density at radius 3 is 3.12 bits per heavy atom. The molecule has 1 aromatic rings. The van der Waals surface area contributed by atoms with Crippen LogP contribution in [0.25, 0.3) is 0 Å². The maximum absolute atomic E-state index is 12.1. The molecule has 1 atom stereocenters. The van der Waals surface area contributed by atoms with Gasteiger partial charge in [0.1, 0.15) is 5.82 Å². The lowest BCUT2D eigenvalue weighted by Gasteiger charge is -2.32. The second kappa shape index (κ2) is 4.87. The number of nitrogens with one attached hydrogen (secondary N) is 2.